The van der Waals surface area contributed by atoms with Crippen LogP contribution in [0, 0.1) is 5.92 Å². The fraction of sp³-hybridized carbons (Fsp3) is 0.385. The number of hydrogen-bond acceptors (Lipinski definition) is 4. The quantitative estimate of drug-likeness (QED) is 0.538. The zero-order valence-corrected chi connectivity index (χ0v) is 18.3. The van der Waals surface area contributed by atoms with Crippen LogP contribution in [0.25, 0.3) is 11.3 Å². The Labute approximate surface area is 188 Å². The molecule has 166 valence electrons. The van der Waals surface area contributed by atoms with Crippen molar-refractivity contribution in [2.45, 2.75) is 51.6 Å². The van der Waals surface area contributed by atoms with Crippen molar-refractivity contribution < 1.29 is 14.3 Å². The average Bonchev–Trinajstić information content (AvgIpc) is 3.40. The number of aromatic nitrogens is 2. The molecule has 3 aromatic rings. The fourth-order valence-corrected chi connectivity index (χ4v) is 4.75. The van der Waals surface area contributed by atoms with E-state index in [-0.39, 0.29) is 18.6 Å². The number of fused-ring (bicyclic) bond motifs is 1. The van der Waals surface area contributed by atoms with Crippen LogP contribution in [0.2, 0.25) is 0 Å². The summed E-state index contributed by atoms with van der Waals surface area (Å²) >= 11 is 0. The smallest absolute Gasteiger partial charge is 0.231 e. The molecule has 0 atom stereocenters. The van der Waals surface area contributed by atoms with Gasteiger partial charge in [0.15, 0.2) is 11.5 Å². The normalized spacial score (nSPS) is 16.0. The highest BCUT2D eigenvalue weighted by Crippen LogP contribution is 2.34. The highest BCUT2D eigenvalue weighted by Gasteiger charge is 2.27. The van der Waals surface area contributed by atoms with E-state index >= 15 is 0 Å². The lowest BCUT2D eigenvalue weighted by molar-refractivity contribution is -0.137. The fourth-order valence-electron chi connectivity index (χ4n) is 4.75. The number of carbonyl (C=O) groups excluding carboxylic acids is 1. The van der Waals surface area contributed by atoms with Crippen LogP contribution in [0.5, 0.6) is 11.5 Å². The van der Waals surface area contributed by atoms with Gasteiger partial charge >= 0.3 is 0 Å². The van der Waals surface area contributed by atoms with Gasteiger partial charge in [0, 0.05) is 24.6 Å². The van der Waals surface area contributed by atoms with Crippen molar-refractivity contribution in [1.82, 2.24) is 15.1 Å². The summed E-state index contributed by atoms with van der Waals surface area (Å²) in [5.74, 6) is 1.85. The Bertz CT molecular complexity index is 1060. The highest BCUT2D eigenvalue weighted by atomic mass is 16.7. The van der Waals surface area contributed by atoms with E-state index < -0.39 is 0 Å². The molecule has 1 aliphatic heterocycles. The minimum atomic E-state index is 0.0959. The zero-order valence-electron chi connectivity index (χ0n) is 18.3. The SMILES string of the molecule is O=C(C1CCCCCC1)N(Cc1ccc2c(c1)OCO2)Cc1cn[nH]c1-c1ccccc1. The van der Waals surface area contributed by atoms with Gasteiger partial charge in [0.25, 0.3) is 0 Å². The minimum Gasteiger partial charge on any atom is -0.454 e. The molecule has 0 unspecified atom stereocenters. The van der Waals surface area contributed by atoms with Crippen molar-refractivity contribution in [3.8, 4) is 22.8 Å². The average molecular weight is 432 g/mol. The largest absolute Gasteiger partial charge is 0.454 e. The molecule has 6 heteroatoms. The summed E-state index contributed by atoms with van der Waals surface area (Å²) < 4.78 is 11.0. The minimum absolute atomic E-state index is 0.0959. The molecule has 2 aliphatic rings. The Morgan fingerprint density at radius 2 is 1.75 bits per heavy atom. The van der Waals surface area contributed by atoms with Crippen LogP contribution >= 0.6 is 0 Å². The predicted octanol–water partition coefficient (Wildman–Crippen LogP) is 5.30. The van der Waals surface area contributed by atoms with Gasteiger partial charge in [-0.15, -0.1) is 0 Å². The van der Waals surface area contributed by atoms with E-state index in [9.17, 15) is 4.79 Å². The van der Waals surface area contributed by atoms with Crippen molar-refractivity contribution in [3.05, 3.63) is 65.9 Å². The van der Waals surface area contributed by atoms with Gasteiger partial charge in [-0.3, -0.25) is 9.89 Å². The van der Waals surface area contributed by atoms with Gasteiger partial charge in [0.05, 0.1) is 11.9 Å². The maximum atomic E-state index is 13.7. The second kappa shape index (κ2) is 9.47. The lowest BCUT2D eigenvalue weighted by Gasteiger charge is -2.27. The van der Waals surface area contributed by atoms with Gasteiger partial charge in [-0.1, -0.05) is 62.1 Å². The number of amides is 1. The van der Waals surface area contributed by atoms with E-state index in [4.69, 9.17) is 9.47 Å². The lowest BCUT2D eigenvalue weighted by atomic mass is 9.97. The third-order valence-corrected chi connectivity index (χ3v) is 6.47. The van der Waals surface area contributed by atoms with Crippen molar-refractivity contribution in [2.24, 2.45) is 5.92 Å². The first-order valence-corrected chi connectivity index (χ1v) is 11.5. The molecule has 1 amide bonds. The number of benzene rings is 2. The molecule has 1 aliphatic carbocycles. The highest BCUT2D eigenvalue weighted by molar-refractivity contribution is 5.79. The topological polar surface area (TPSA) is 67.5 Å². The van der Waals surface area contributed by atoms with Crippen LogP contribution in [0.3, 0.4) is 0 Å². The first kappa shape index (κ1) is 20.6. The molecule has 5 rings (SSSR count). The number of hydrogen-bond donors (Lipinski definition) is 1. The van der Waals surface area contributed by atoms with E-state index in [1.165, 1.54) is 12.8 Å². The maximum Gasteiger partial charge on any atom is 0.231 e. The monoisotopic (exact) mass is 431 g/mol. The second-order valence-electron chi connectivity index (χ2n) is 8.71. The van der Waals surface area contributed by atoms with Crippen LogP contribution < -0.4 is 9.47 Å². The third-order valence-electron chi connectivity index (χ3n) is 6.47. The number of aromatic amines is 1. The summed E-state index contributed by atoms with van der Waals surface area (Å²) in [7, 11) is 0. The summed E-state index contributed by atoms with van der Waals surface area (Å²) in [6.45, 7) is 1.30. The number of carbonyl (C=O) groups is 1. The molecule has 2 aromatic carbocycles. The summed E-state index contributed by atoms with van der Waals surface area (Å²) in [5.41, 5.74) is 4.11. The summed E-state index contributed by atoms with van der Waals surface area (Å²) in [5, 5.41) is 7.42. The number of nitrogens with zero attached hydrogens (tertiary/aromatic N) is 2. The molecule has 0 bridgehead atoms. The van der Waals surface area contributed by atoms with Crippen LogP contribution in [0.4, 0.5) is 0 Å². The Kier molecular flexibility index (Phi) is 6.10. The second-order valence-corrected chi connectivity index (χ2v) is 8.71. The van der Waals surface area contributed by atoms with Crippen molar-refractivity contribution in [1.29, 1.82) is 0 Å². The Morgan fingerprint density at radius 3 is 2.56 bits per heavy atom. The van der Waals surface area contributed by atoms with Crippen LogP contribution in [0.1, 0.15) is 49.7 Å². The molecule has 1 saturated carbocycles. The van der Waals surface area contributed by atoms with Gasteiger partial charge in [-0.2, -0.15) is 5.10 Å². The molecule has 0 saturated heterocycles. The Morgan fingerprint density at radius 1 is 0.969 bits per heavy atom. The molecule has 6 nitrogen and oxygen atoms in total. The van der Waals surface area contributed by atoms with Crippen molar-refractivity contribution in [2.75, 3.05) is 6.79 Å². The molecule has 0 spiro atoms. The Hall–Kier alpha value is -3.28. The van der Waals surface area contributed by atoms with Gasteiger partial charge in [-0.05, 0) is 36.1 Å². The summed E-state index contributed by atoms with van der Waals surface area (Å²) in [6, 6.07) is 16.1. The zero-order chi connectivity index (χ0) is 21.8. The molecule has 1 aromatic heterocycles. The summed E-state index contributed by atoms with van der Waals surface area (Å²) in [4.78, 5) is 15.7. The third kappa shape index (κ3) is 4.49. The lowest BCUT2D eigenvalue weighted by Crippen LogP contribution is -2.35. The molecule has 0 radical (unpaired) electrons. The molecular formula is C26H29N3O3. The van der Waals surface area contributed by atoms with E-state index in [2.05, 4.69) is 22.3 Å². The summed E-state index contributed by atoms with van der Waals surface area (Å²) in [6.07, 6.45) is 8.53. The molecule has 1 fully saturated rings. The van der Waals surface area contributed by atoms with Crippen LogP contribution in [0.15, 0.2) is 54.7 Å². The van der Waals surface area contributed by atoms with E-state index in [0.717, 1.165) is 59.6 Å². The van der Waals surface area contributed by atoms with Crippen LogP contribution in [-0.4, -0.2) is 27.8 Å². The van der Waals surface area contributed by atoms with Crippen LogP contribution in [-0.2, 0) is 17.9 Å². The molecule has 1 N–H and O–H groups in total. The standard InChI is InChI=1S/C26H29N3O3/c30-26(21-10-4-1-2-5-11-21)29(16-19-12-13-23-24(14-19)32-18-31-23)17-22-15-27-28-25(22)20-8-6-3-7-9-20/h3,6-9,12-15,21H,1-2,4-5,10-11,16-18H2,(H,27,28). The first-order valence-electron chi connectivity index (χ1n) is 11.5. The molecule has 32 heavy (non-hydrogen) atoms. The van der Waals surface area contributed by atoms with E-state index in [1.807, 2.05) is 47.5 Å². The first-order chi connectivity index (χ1) is 15.8. The van der Waals surface area contributed by atoms with E-state index in [0.29, 0.717) is 13.1 Å². The number of ether oxygens (including phenoxy) is 2. The maximum absolute atomic E-state index is 13.7. The molecular weight excluding hydrogens is 402 g/mol. The van der Waals surface area contributed by atoms with Crippen molar-refractivity contribution >= 4 is 5.91 Å². The van der Waals surface area contributed by atoms with Gasteiger partial charge in [-0.25, -0.2) is 0 Å². The van der Waals surface area contributed by atoms with Gasteiger partial charge in [0.2, 0.25) is 12.7 Å². The number of H-pyrrole nitrogens is 1. The predicted molar refractivity (Wildman–Crippen MR) is 122 cm³/mol. The number of nitrogens with one attached hydrogen (secondary N) is 1. The molecule has 2 heterocycles. The number of rotatable bonds is 6. The van der Waals surface area contributed by atoms with Crippen molar-refractivity contribution in [3.63, 3.8) is 0 Å². The van der Waals surface area contributed by atoms with Gasteiger partial charge < -0.3 is 14.4 Å². The van der Waals surface area contributed by atoms with Gasteiger partial charge in [0.1, 0.15) is 0 Å². The Balaban J connectivity index is 1.42. The van der Waals surface area contributed by atoms with E-state index in [1.54, 1.807) is 0 Å².